The number of carbonyl (C=O) groups excluding carboxylic acids is 3. The van der Waals surface area contributed by atoms with E-state index in [9.17, 15) is 19.5 Å². The number of hydrogen-bond acceptors (Lipinski definition) is 5. The maximum absolute atomic E-state index is 12.5. The summed E-state index contributed by atoms with van der Waals surface area (Å²) in [4.78, 5) is 36.5. The van der Waals surface area contributed by atoms with Crippen molar-refractivity contribution in [2.24, 2.45) is 5.41 Å². The fourth-order valence-electron chi connectivity index (χ4n) is 2.19. The zero-order valence-corrected chi connectivity index (χ0v) is 15.8. The van der Waals surface area contributed by atoms with E-state index in [0.29, 0.717) is 11.3 Å². The monoisotopic (exact) mass is 369 g/mol. The highest BCUT2D eigenvalue weighted by atomic mass is 16.5. The number of Topliss-reactive ketones (excluding diaryl/α,β-unsaturated/α-hetero) is 1. The van der Waals surface area contributed by atoms with E-state index in [1.165, 1.54) is 19.1 Å². The van der Waals surface area contributed by atoms with E-state index in [2.05, 4.69) is 5.32 Å². The summed E-state index contributed by atoms with van der Waals surface area (Å²) in [5, 5.41) is 12.5. The van der Waals surface area contributed by atoms with Crippen LogP contribution >= 0.6 is 0 Å². The number of ether oxygens (including phenoxy) is 1. The first-order chi connectivity index (χ1) is 12.6. The predicted molar refractivity (Wildman–Crippen MR) is 102 cm³/mol. The molecule has 27 heavy (non-hydrogen) atoms. The molecule has 1 atom stereocenters. The normalized spacial score (nSPS) is 12.1. The molecule has 2 aromatic carbocycles. The van der Waals surface area contributed by atoms with Crippen LogP contribution in [-0.2, 0) is 9.53 Å². The molecule has 0 aliphatic carbocycles. The van der Waals surface area contributed by atoms with E-state index in [-0.39, 0.29) is 23.0 Å². The second-order valence-corrected chi connectivity index (χ2v) is 7.21. The minimum Gasteiger partial charge on any atom is -0.507 e. The molecule has 2 aromatic rings. The van der Waals surface area contributed by atoms with Crippen LogP contribution in [0.2, 0.25) is 0 Å². The summed E-state index contributed by atoms with van der Waals surface area (Å²) in [7, 11) is 0. The van der Waals surface area contributed by atoms with Crippen LogP contribution in [0.1, 0.15) is 48.4 Å². The van der Waals surface area contributed by atoms with Gasteiger partial charge in [0, 0.05) is 16.7 Å². The Labute approximate surface area is 158 Å². The Bertz CT molecular complexity index is 850. The Hall–Kier alpha value is -3.15. The molecule has 1 amide bonds. The molecule has 2 N–H and O–H groups in total. The topological polar surface area (TPSA) is 92.7 Å². The summed E-state index contributed by atoms with van der Waals surface area (Å²) in [6, 6.07) is 12.3. The maximum Gasteiger partial charge on any atom is 0.342 e. The van der Waals surface area contributed by atoms with Crippen LogP contribution in [-0.4, -0.2) is 28.9 Å². The Balaban J connectivity index is 2.03. The van der Waals surface area contributed by atoms with Gasteiger partial charge in [-0.2, -0.15) is 0 Å². The molecule has 0 aliphatic heterocycles. The minimum absolute atomic E-state index is 0.00242. The number of aromatic hydroxyl groups is 1. The van der Waals surface area contributed by atoms with Crippen molar-refractivity contribution in [3.8, 4) is 5.75 Å². The summed E-state index contributed by atoms with van der Waals surface area (Å²) in [5.74, 6) is -1.50. The lowest BCUT2D eigenvalue weighted by molar-refractivity contribution is -0.123. The Morgan fingerprint density at radius 2 is 1.59 bits per heavy atom. The van der Waals surface area contributed by atoms with Gasteiger partial charge in [-0.1, -0.05) is 32.9 Å². The average molecular weight is 369 g/mol. The number of benzene rings is 2. The first-order valence-electron chi connectivity index (χ1n) is 8.54. The van der Waals surface area contributed by atoms with Crippen molar-refractivity contribution in [3.63, 3.8) is 0 Å². The van der Waals surface area contributed by atoms with Gasteiger partial charge in [0.25, 0.3) is 0 Å². The Morgan fingerprint density at radius 1 is 1.00 bits per heavy atom. The molecule has 2 rings (SSSR count). The van der Waals surface area contributed by atoms with Gasteiger partial charge in [0.05, 0.1) is 0 Å². The third-order valence-electron chi connectivity index (χ3n) is 3.89. The van der Waals surface area contributed by atoms with E-state index < -0.39 is 17.5 Å². The zero-order chi connectivity index (χ0) is 20.2. The van der Waals surface area contributed by atoms with Crippen molar-refractivity contribution in [2.45, 2.75) is 33.8 Å². The van der Waals surface area contributed by atoms with Crippen LogP contribution < -0.4 is 5.32 Å². The van der Waals surface area contributed by atoms with Crippen LogP contribution in [0.3, 0.4) is 0 Å². The smallest absolute Gasteiger partial charge is 0.342 e. The number of phenols is 1. The average Bonchev–Trinajstić information content (AvgIpc) is 2.61. The summed E-state index contributed by atoms with van der Waals surface area (Å²) in [6.07, 6.45) is -1.02. The number of hydrogen-bond donors (Lipinski definition) is 2. The number of nitrogens with one attached hydrogen (secondary N) is 1. The zero-order valence-electron chi connectivity index (χ0n) is 15.8. The van der Waals surface area contributed by atoms with Gasteiger partial charge in [0.2, 0.25) is 11.7 Å². The molecule has 0 spiro atoms. The van der Waals surface area contributed by atoms with E-state index in [1.807, 2.05) is 0 Å². The summed E-state index contributed by atoms with van der Waals surface area (Å²) in [5.41, 5.74) is 0.393. The van der Waals surface area contributed by atoms with Gasteiger partial charge < -0.3 is 15.2 Å². The molecule has 0 saturated carbocycles. The largest absolute Gasteiger partial charge is 0.507 e. The quantitative estimate of drug-likeness (QED) is 0.618. The second-order valence-electron chi connectivity index (χ2n) is 7.21. The van der Waals surface area contributed by atoms with Crippen molar-refractivity contribution < 1.29 is 24.2 Å². The summed E-state index contributed by atoms with van der Waals surface area (Å²) < 4.78 is 5.15. The van der Waals surface area contributed by atoms with Gasteiger partial charge in [0.15, 0.2) is 6.10 Å². The molecular weight excluding hydrogens is 346 g/mol. The molecule has 142 valence electrons. The Morgan fingerprint density at radius 3 is 2.15 bits per heavy atom. The molecular formula is C21H23NO5. The molecule has 0 unspecified atom stereocenters. The highest BCUT2D eigenvalue weighted by molar-refractivity contribution is 6.02. The predicted octanol–water partition coefficient (Wildman–Crippen LogP) is 3.81. The molecule has 0 heterocycles. The number of rotatable bonds is 5. The number of phenolic OH excluding ortho intramolecular Hbond substituents is 1. The third kappa shape index (κ3) is 5.17. The lowest BCUT2D eigenvalue weighted by Gasteiger charge is -2.18. The van der Waals surface area contributed by atoms with Crippen molar-refractivity contribution in [3.05, 3.63) is 59.7 Å². The lowest BCUT2D eigenvalue weighted by Crippen LogP contribution is -2.27. The van der Waals surface area contributed by atoms with Crippen molar-refractivity contribution in [2.75, 3.05) is 5.32 Å². The molecule has 0 radical (unpaired) electrons. The van der Waals surface area contributed by atoms with E-state index in [1.54, 1.807) is 57.2 Å². The number of para-hydroxylation sites is 1. The van der Waals surface area contributed by atoms with Crippen LogP contribution in [0.5, 0.6) is 5.75 Å². The van der Waals surface area contributed by atoms with Gasteiger partial charge in [-0.15, -0.1) is 0 Å². The number of esters is 1. The van der Waals surface area contributed by atoms with Gasteiger partial charge in [-0.25, -0.2) is 4.79 Å². The highest BCUT2D eigenvalue weighted by Crippen LogP contribution is 2.20. The first kappa shape index (κ1) is 20.2. The fourth-order valence-corrected chi connectivity index (χ4v) is 2.19. The standard InChI is InChI=1S/C21H23NO5/c1-13(27-19(25)16-7-5-6-8-17(16)23)18(24)14-9-11-15(12-10-14)22-20(26)21(2,3)4/h5-13,23H,1-4H3,(H,22,26)/t13-/m1/s1. The Kier molecular flexibility index (Phi) is 6.00. The SMILES string of the molecule is C[C@@H](OC(=O)c1ccccc1O)C(=O)c1ccc(NC(=O)C(C)(C)C)cc1. The van der Waals surface area contributed by atoms with Crippen LogP contribution in [0.4, 0.5) is 5.69 Å². The molecule has 0 bridgehead atoms. The fraction of sp³-hybridized carbons (Fsp3) is 0.286. The van der Waals surface area contributed by atoms with Gasteiger partial charge in [0.1, 0.15) is 11.3 Å². The van der Waals surface area contributed by atoms with Crippen LogP contribution in [0, 0.1) is 5.41 Å². The molecule has 6 nitrogen and oxygen atoms in total. The molecule has 0 aliphatic rings. The maximum atomic E-state index is 12.5. The molecule has 6 heteroatoms. The number of amides is 1. The van der Waals surface area contributed by atoms with Crippen LogP contribution in [0.25, 0.3) is 0 Å². The second kappa shape index (κ2) is 8.03. The molecule has 0 fully saturated rings. The van der Waals surface area contributed by atoms with Crippen LogP contribution in [0.15, 0.2) is 48.5 Å². The molecule has 0 aromatic heterocycles. The van der Waals surface area contributed by atoms with Gasteiger partial charge in [-0.3, -0.25) is 9.59 Å². The summed E-state index contributed by atoms with van der Waals surface area (Å²) >= 11 is 0. The summed E-state index contributed by atoms with van der Waals surface area (Å²) in [6.45, 7) is 6.89. The van der Waals surface area contributed by atoms with E-state index >= 15 is 0 Å². The minimum atomic E-state index is -1.02. The number of anilines is 1. The first-order valence-corrected chi connectivity index (χ1v) is 8.54. The van der Waals surface area contributed by atoms with E-state index in [4.69, 9.17) is 4.74 Å². The van der Waals surface area contributed by atoms with Crippen molar-refractivity contribution >= 4 is 23.3 Å². The van der Waals surface area contributed by atoms with E-state index in [0.717, 1.165) is 0 Å². The molecule has 0 saturated heterocycles. The number of carbonyl (C=O) groups is 3. The highest BCUT2D eigenvalue weighted by Gasteiger charge is 2.23. The van der Waals surface area contributed by atoms with Crippen molar-refractivity contribution in [1.29, 1.82) is 0 Å². The van der Waals surface area contributed by atoms with Gasteiger partial charge >= 0.3 is 5.97 Å². The van der Waals surface area contributed by atoms with Gasteiger partial charge in [-0.05, 0) is 43.3 Å². The van der Waals surface area contributed by atoms with Crippen molar-refractivity contribution in [1.82, 2.24) is 0 Å². The number of ketones is 1. The lowest BCUT2D eigenvalue weighted by atomic mass is 9.95. The third-order valence-corrected chi connectivity index (χ3v) is 3.89.